The molecule has 0 saturated heterocycles. The smallest absolute Gasteiger partial charge is 0.239 e. The van der Waals surface area contributed by atoms with Crippen LogP contribution in [0.15, 0.2) is 72.1 Å². The molecule has 0 aliphatic carbocycles. The van der Waals surface area contributed by atoms with Crippen LogP contribution in [0.4, 0.5) is 14.5 Å². The second kappa shape index (κ2) is 10.6. The van der Waals surface area contributed by atoms with Gasteiger partial charge in [-0.05, 0) is 55.5 Å². The summed E-state index contributed by atoms with van der Waals surface area (Å²) in [5, 5.41) is -0.468. The van der Waals surface area contributed by atoms with Gasteiger partial charge in [-0.2, -0.15) is 4.39 Å². The number of aryl methyl sites for hydroxylation is 1. The molecule has 186 valence electrons. The Balaban J connectivity index is 1.66. The number of hydrogen-bond donors (Lipinski definition) is 1. The highest BCUT2D eigenvalue weighted by atomic mass is 32.2. The number of nitrogens with zero attached hydrogens (tertiary/aromatic N) is 3. The molecule has 2 aromatic heterocycles. The molecule has 0 amide bonds. The van der Waals surface area contributed by atoms with E-state index >= 15 is 8.78 Å². The maximum absolute atomic E-state index is 15.2. The SMILES string of the molecule is CSc1nccc(-c2cccnc2Oc2c(C)cc(NS(=O)(=O)C(C)c3ccccc3)c(F)c2F)n1. The lowest BCUT2D eigenvalue weighted by Crippen LogP contribution is -2.20. The third kappa shape index (κ3) is 5.31. The number of rotatable bonds is 8. The number of ether oxygens (including phenoxy) is 1. The average molecular weight is 529 g/mol. The van der Waals surface area contributed by atoms with Crippen LogP contribution < -0.4 is 9.46 Å². The fourth-order valence-electron chi connectivity index (χ4n) is 3.43. The first-order valence-electron chi connectivity index (χ1n) is 10.8. The summed E-state index contributed by atoms with van der Waals surface area (Å²) >= 11 is 1.35. The van der Waals surface area contributed by atoms with Crippen molar-refractivity contribution in [1.29, 1.82) is 0 Å². The highest BCUT2D eigenvalue weighted by molar-refractivity contribution is 7.98. The fraction of sp³-hybridized carbons (Fsp3) is 0.160. The zero-order valence-corrected chi connectivity index (χ0v) is 21.2. The summed E-state index contributed by atoms with van der Waals surface area (Å²) in [6.07, 6.45) is 4.86. The predicted octanol–water partition coefficient (Wildman–Crippen LogP) is 6.14. The van der Waals surface area contributed by atoms with Crippen LogP contribution >= 0.6 is 11.8 Å². The van der Waals surface area contributed by atoms with Crippen LogP contribution in [0.5, 0.6) is 11.6 Å². The summed E-state index contributed by atoms with van der Waals surface area (Å²) in [5.41, 5.74) is 1.12. The monoisotopic (exact) mass is 528 g/mol. The molecular formula is C25H22F2N4O3S2. The molecule has 1 N–H and O–H groups in total. The Bertz CT molecular complexity index is 1500. The Morgan fingerprint density at radius 2 is 1.75 bits per heavy atom. The number of pyridine rings is 1. The maximum Gasteiger partial charge on any atom is 0.239 e. The molecule has 0 saturated carbocycles. The third-order valence-electron chi connectivity index (χ3n) is 5.40. The number of anilines is 1. The Morgan fingerprint density at radius 3 is 2.47 bits per heavy atom. The zero-order valence-electron chi connectivity index (χ0n) is 19.6. The Labute approximate surface area is 212 Å². The second-order valence-electron chi connectivity index (χ2n) is 7.78. The van der Waals surface area contributed by atoms with E-state index in [4.69, 9.17) is 4.74 Å². The Morgan fingerprint density at radius 1 is 1.00 bits per heavy atom. The minimum atomic E-state index is -4.07. The minimum absolute atomic E-state index is 0.00989. The zero-order chi connectivity index (χ0) is 25.9. The van der Waals surface area contributed by atoms with Gasteiger partial charge in [-0.1, -0.05) is 42.1 Å². The first-order chi connectivity index (χ1) is 17.2. The van der Waals surface area contributed by atoms with Crippen LogP contribution in [0.25, 0.3) is 11.3 Å². The van der Waals surface area contributed by atoms with Gasteiger partial charge in [-0.3, -0.25) is 4.72 Å². The van der Waals surface area contributed by atoms with Crippen molar-refractivity contribution in [2.75, 3.05) is 11.0 Å². The molecule has 36 heavy (non-hydrogen) atoms. The Kier molecular flexibility index (Phi) is 7.51. The summed E-state index contributed by atoms with van der Waals surface area (Å²) in [5.74, 6) is -3.13. The lowest BCUT2D eigenvalue weighted by molar-refractivity contribution is 0.404. The van der Waals surface area contributed by atoms with Crippen LogP contribution in [-0.4, -0.2) is 29.6 Å². The van der Waals surface area contributed by atoms with E-state index in [-0.39, 0.29) is 11.4 Å². The topological polar surface area (TPSA) is 94.1 Å². The van der Waals surface area contributed by atoms with E-state index in [2.05, 4.69) is 19.7 Å². The molecule has 1 atom stereocenters. The van der Waals surface area contributed by atoms with E-state index < -0.39 is 38.3 Å². The van der Waals surface area contributed by atoms with E-state index in [9.17, 15) is 8.42 Å². The molecule has 0 fully saturated rings. The second-order valence-corrected chi connectivity index (χ2v) is 10.6. The van der Waals surface area contributed by atoms with Crippen LogP contribution in [0.3, 0.4) is 0 Å². The number of benzene rings is 2. The van der Waals surface area contributed by atoms with E-state index in [1.165, 1.54) is 37.9 Å². The minimum Gasteiger partial charge on any atom is -0.435 e. The van der Waals surface area contributed by atoms with Crippen molar-refractivity contribution in [1.82, 2.24) is 15.0 Å². The van der Waals surface area contributed by atoms with Gasteiger partial charge in [0.15, 0.2) is 16.7 Å². The molecule has 4 rings (SSSR count). The molecule has 0 spiro atoms. The van der Waals surface area contributed by atoms with Gasteiger partial charge in [0, 0.05) is 12.4 Å². The maximum atomic E-state index is 15.2. The van der Waals surface area contributed by atoms with Gasteiger partial charge in [0.05, 0.1) is 16.9 Å². The van der Waals surface area contributed by atoms with Gasteiger partial charge >= 0.3 is 0 Å². The summed E-state index contributed by atoms with van der Waals surface area (Å²) in [6.45, 7) is 2.95. The summed E-state index contributed by atoms with van der Waals surface area (Å²) < 4.78 is 63.8. The normalized spacial score (nSPS) is 12.2. The van der Waals surface area contributed by atoms with Crippen molar-refractivity contribution in [3.63, 3.8) is 0 Å². The summed E-state index contributed by atoms with van der Waals surface area (Å²) in [6, 6.07) is 14.6. The highest BCUT2D eigenvalue weighted by Gasteiger charge is 2.27. The lowest BCUT2D eigenvalue weighted by Gasteiger charge is -2.18. The standard InChI is InChI=1S/C25H22F2N4O3S2/c1-15-14-20(31-36(32,33)16(2)17-8-5-4-6-9-17)21(26)22(27)23(15)34-24-18(10-7-12-28-24)19-11-13-29-25(30-19)35-3/h4-14,16,31H,1-3H3. The van der Waals surface area contributed by atoms with E-state index in [0.717, 1.165) is 0 Å². The van der Waals surface area contributed by atoms with E-state index in [1.54, 1.807) is 54.7 Å². The lowest BCUT2D eigenvalue weighted by atomic mass is 10.1. The van der Waals surface area contributed by atoms with Gasteiger partial charge < -0.3 is 4.74 Å². The highest BCUT2D eigenvalue weighted by Crippen LogP contribution is 2.37. The Hall–Kier alpha value is -3.57. The van der Waals surface area contributed by atoms with Gasteiger partial charge in [0.2, 0.25) is 21.7 Å². The van der Waals surface area contributed by atoms with E-state index in [0.29, 0.717) is 22.0 Å². The largest absolute Gasteiger partial charge is 0.435 e. The van der Waals surface area contributed by atoms with Crippen molar-refractivity contribution in [2.24, 2.45) is 0 Å². The molecular weight excluding hydrogens is 506 g/mol. The first-order valence-corrected chi connectivity index (χ1v) is 13.5. The van der Waals surface area contributed by atoms with Crippen LogP contribution in [0.1, 0.15) is 23.3 Å². The average Bonchev–Trinajstić information content (AvgIpc) is 2.89. The predicted molar refractivity (Wildman–Crippen MR) is 136 cm³/mol. The number of aromatic nitrogens is 3. The van der Waals surface area contributed by atoms with Crippen molar-refractivity contribution in [2.45, 2.75) is 24.3 Å². The summed E-state index contributed by atoms with van der Waals surface area (Å²) in [4.78, 5) is 12.7. The van der Waals surface area contributed by atoms with Crippen LogP contribution in [0.2, 0.25) is 0 Å². The van der Waals surface area contributed by atoms with Crippen molar-refractivity contribution in [3.05, 3.63) is 89.8 Å². The molecule has 0 radical (unpaired) electrons. The van der Waals surface area contributed by atoms with Gasteiger partial charge in [0.1, 0.15) is 5.25 Å². The fourth-order valence-corrected chi connectivity index (χ4v) is 4.94. The number of sulfonamides is 1. The van der Waals surface area contributed by atoms with Crippen molar-refractivity contribution in [3.8, 4) is 22.9 Å². The molecule has 1 unspecified atom stereocenters. The van der Waals surface area contributed by atoms with Crippen LogP contribution in [-0.2, 0) is 10.0 Å². The molecule has 0 bridgehead atoms. The number of halogens is 2. The molecule has 11 heteroatoms. The molecule has 0 aliphatic rings. The number of thioether (sulfide) groups is 1. The first kappa shape index (κ1) is 25.5. The molecule has 4 aromatic rings. The molecule has 2 aromatic carbocycles. The van der Waals surface area contributed by atoms with Gasteiger partial charge in [-0.25, -0.2) is 27.8 Å². The van der Waals surface area contributed by atoms with Crippen molar-refractivity contribution < 1.29 is 21.9 Å². The number of hydrogen-bond acceptors (Lipinski definition) is 7. The third-order valence-corrected chi connectivity index (χ3v) is 7.67. The van der Waals surface area contributed by atoms with Gasteiger partial charge in [0.25, 0.3) is 0 Å². The quantitative estimate of drug-likeness (QED) is 0.217. The molecule has 7 nitrogen and oxygen atoms in total. The van der Waals surface area contributed by atoms with Crippen LogP contribution in [0, 0.1) is 18.6 Å². The summed E-state index contributed by atoms with van der Waals surface area (Å²) in [7, 11) is -4.07. The molecule has 2 heterocycles. The van der Waals surface area contributed by atoms with Crippen molar-refractivity contribution >= 4 is 27.5 Å². The molecule has 0 aliphatic heterocycles. The van der Waals surface area contributed by atoms with E-state index in [1.807, 2.05) is 6.26 Å². The van der Waals surface area contributed by atoms with Gasteiger partial charge in [-0.15, -0.1) is 0 Å². The number of nitrogens with one attached hydrogen (secondary N) is 1.